The fourth-order valence-corrected chi connectivity index (χ4v) is 9.95. The molecule has 0 fully saturated rings. The summed E-state index contributed by atoms with van der Waals surface area (Å²) >= 11 is 1.90. The quantitative estimate of drug-likeness (QED) is 0.181. The molecule has 1 heterocycles. The van der Waals surface area contributed by atoms with E-state index in [1.807, 2.05) is 11.8 Å². The molecule has 1 aliphatic heterocycles. The van der Waals surface area contributed by atoms with E-state index in [4.69, 9.17) is 0 Å². The first-order valence-corrected chi connectivity index (χ1v) is 16.8. The van der Waals surface area contributed by atoms with Crippen molar-refractivity contribution in [1.82, 2.24) is 0 Å². The third kappa shape index (κ3) is 3.06. The molecule has 0 bridgehead atoms. The van der Waals surface area contributed by atoms with Crippen LogP contribution in [0.1, 0.15) is 22.3 Å². The largest absolute Gasteiger partial charge is 0.0888 e. The summed E-state index contributed by atoms with van der Waals surface area (Å²) in [5, 5.41) is 5.24. The Balaban J connectivity index is 1.20. The van der Waals surface area contributed by atoms with Crippen LogP contribution in [0.3, 0.4) is 0 Å². The van der Waals surface area contributed by atoms with Crippen LogP contribution in [0.4, 0.5) is 0 Å². The van der Waals surface area contributed by atoms with Gasteiger partial charge in [0.05, 0.1) is 5.41 Å². The maximum Gasteiger partial charge on any atom is 0.0725 e. The molecular weight excluding hydrogens is 573 g/mol. The molecule has 0 nitrogen and oxygen atoms in total. The molecule has 1 unspecified atom stereocenters. The second-order valence-corrected chi connectivity index (χ2v) is 13.9. The summed E-state index contributed by atoms with van der Waals surface area (Å²) in [6.07, 6.45) is 0. The SMILES string of the molecule is c1ccc2c(c1)Sc1cc(-c3ccc4c(c3)C3(c5ccccc5-4)c4ccccc4-c4cc5ccccc5cc43)cc3cccc-2c13. The molecule has 212 valence electrons. The fraction of sp³-hybridized carbons (Fsp3) is 0.0222. The first kappa shape index (κ1) is 24.9. The number of fused-ring (bicyclic) bond motifs is 13. The van der Waals surface area contributed by atoms with Gasteiger partial charge in [0, 0.05) is 15.2 Å². The van der Waals surface area contributed by atoms with Crippen molar-refractivity contribution in [3.8, 4) is 44.5 Å². The second kappa shape index (κ2) is 8.88. The summed E-state index contributed by atoms with van der Waals surface area (Å²) in [5.41, 5.74) is 15.7. The molecule has 0 N–H and O–H groups in total. The second-order valence-electron chi connectivity index (χ2n) is 12.8. The highest BCUT2D eigenvalue weighted by Gasteiger charge is 2.51. The molecule has 1 heteroatoms. The number of rotatable bonds is 1. The molecule has 0 saturated carbocycles. The predicted octanol–water partition coefficient (Wildman–Crippen LogP) is 12.1. The van der Waals surface area contributed by atoms with E-state index in [0.29, 0.717) is 0 Å². The van der Waals surface area contributed by atoms with Gasteiger partial charge >= 0.3 is 0 Å². The predicted molar refractivity (Wildman–Crippen MR) is 193 cm³/mol. The third-order valence-electron chi connectivity index (χ3n) is 10.6. The van der Waals surface area contributed by atoms with Gasteiger partial charge in [-0.2, -0.15) is 0 Å². The van der Waals surface area contributed by atoms with E-state index in [0.717, 1.165) is 0 Å². The molecule has 0 saturated heterocycles. The Morgan fingerprint density at radius 1 is 0.326 bits per heavy atom. The van der Waals surface area contributed by atoms with Crippen molar-refractivity contribution in [3.63, 3.8) is 0 Å². The summed E-state index contributed by atoms with van der Waals surface area (Å²) in [4.78, 5) is 2.66. The van der Waals surface area contributed by atoms with E-state index in [-0.39, 0.29) is 5.41 Å². The molecule has 0 aromatic heterocycles. The molecule has 1 spiro atoms. The molecule has 11 rings (SSSR count). The fourth-order valence-electron chi connectivity index (χ4n) is 8.76. The van der Waals surface area contributed by atoms with Crippen LogP contribution in [0.2, 0.25) is 0 Å². The summed E-state index contributed by atoms with van der Waals surface area (Å²) in [7, 11) is 0. The minimum atomic E-state index is -0.371. The third-order valence-corrected chi connectivity index (χ3v) is 11.7. The highest BCUT2D eigenvalue weighted by atomic mass is 32.2. The van der Waals surface area contributed by atoms with Gasteiger partial charge in [-0.3, -0.25) is 0 Å². The number of hydrogen-bond acceptors (Lipinski definition) is 1. The maximum absolute atomic E-state index is 2.51. The van der Waals surface area contributed by atoms with E-state index in [1.165, 1.54) is 98.1 Å². The monoisotopic (exact) mass is 598 g/mol. The zero-order chi connectivity index (χ0) is 30.0. The zero-order valence-electron chi connectivity index (χ0n) is 24.9. The Labute approximate surface area is 272 Å². The Morgan fingerprint density at radius 3 is 1.76 bits per heavy atom. The van der Waals surface area contributed by atoms with Crippen molar-refractivity contribution in [2.75, 3.05) is 0 Å². The molecule has 3 aliphatic rings. The van der Waals surface area contributed by atoms with Crippen LogP contribution in [-0.2, 0) is 5.41 Å². The lowest BCUT2D eigenvalue weighted by molar-refractivity contribution is 0.795. The standard InChI is InChI=1S/C45H26S/c1-2-11-28-24-41-37(23-27(28)10-1)33-14-4-7-18-39(33)45(41)38-17-6-3-13-32(38)34-21-20-29(25-40(34)45)31-22-30-12-9-16-36-35-15-5-8-19-42(35)46-43(26-31)44(30)36/h1-26H. The van der Waals surface area contributed by atoms with Crippen LogP contribution < -0.4 is 0 Å². The topological polar surface area (TPSA) is 0 Å². The van der Waals surface area contributed by atoms with Crippen molar-refractivity contribution in [3.05, 3.63) is 180 Å². The average Bonchev–Trinajstić information content (AvgIpc) is 3.57. The first-order chi connectivity index (χ1) is 22.8. The van der Waals surface area contributed by atoms with Gasteiger partial charge in [-0.1, -0.05) is 133 Å². The molecule has 1 atom stereocenters. The van der Waals surface area contributed by atoms with Crippen molar-refractivity contribution in [2.45, 2.75) is 15.2 Å². The van der Waals surface area contributed by atoms with Gasteiger partial charge in [-0.05, 0) is 119 Å². The summed E-state index contributed by atoms with van der Waals surface area (Å²) in [6.45, 7) is 0. The zero-order valence-corrected chi connectivity index (χ0v) is 25.7. The van der Waals surface area contributed by atoms with Gasteiger partial charge in [-0.25, -0.2) is 0 Å². The van der Waals surface area contributed by atoms with E-state index in [1.54, 1.807) is 0 Å². The summed E-state index contributed by atoms with van der Waals surface area (Å²) in [5.74, 6) is 0. The van der Waals surface area contributed by atoms with Crippen LogP contribution >= 0.6 is 11.8 Å². The highest BCUT2D eigenvalue weighted by Crippen LogP contribution is 2.63. The van der Waals surface area contributed by atoms with Gasteiger partial charge in [-0.15, -0.1) is 0 Å². The van der Waals surface area contributed by atoms with Crippen molar-refractivity contribution in [2.24, 2.45) is 0 Å². The van der Waals surface area contributed by atoms with Gasteiger partial charge in [0.1, 0.15) is 0 Å². The Bertz CT molecular complexity index is 2630. The molecule has 46 heavy (non-hydrogen) atoms. The van der Waals surface area contributed by atoms with Crippen molar-refractivity contribution < 1.29 is 0 Å². The van der Waals surface area contributed by atoms with Crippen LogP contribution in [0, 0.1) is 0 Å². The first-order valence-electron chi connectivity index (χ1n) is 16.0. The van der Waals surface area contributed by atoms with Gasteiger partial charge in [0.15, 0.2) is 0 Å². The highest BCUT2D eigenvalue weighted by molar-refractivity contribution is 7.99. The lowest BCUT2D eigenvalue weighted by Gasteiger charge is -2.31. The van der Waals surface area contributed by atoms with Crippen LogP contribution in [0.5, 0.6) is 0 Å². The molecule has 0 radical (unpaired) electrons. The summed E-state index contributed by atoms with van der Waals surface area (Å²) in [6, 6.07) is 59.5. The van der Waals surface area contributed by atoms with Crippen LogP contribution in [-0.4, -0.2) is 0 Å². The smallest absolute Gasteiger partial charge is 0.0725 e. The summed E-state index contributed by atoms with van der Waals surface area (Å²) < 4.78 is 0. The van der Waals surface area contributed by atoms with E-state index >= 15 is 0 Å². The van der Waals surface area contributed by atoms with Crippen molar-refractivity contribution >= 4 is 33.3 Å². The molecule has 8 aromatic rings. The van der Waals surface area contributed by atoms with E-state index in [9.17, 15) is 0 Å². The van der Waals surface area contributed by atoms with E-state index < -0.39 is 0 Å². The maximum atomic E-state index is 2.51. The number of hydrogen-bond donors (Lipinski definition) is 0. The lowest BCUT2D eigenvalue weighted by atomic mass is 9.70. The van der Waals surface area contributed by atoms with Crippen LogP contribution in [0.25, 0.3) is 66.1 Å². The average molecular weight is 599 g/mol. The van der Waals surface area contributed by atoms with Gasteiger partial charge in [0.25, 0.3) is 0 Å². The lowest BCUT2D eigenvalue weighted by Crippen LogP contribution is -2.25. The Morgan fingerprint density at radius 2 is 0.935 bits per heavy atom. The molecular formula is C45H26S. The van der Waals surface area contributed by atoms with Gasteiger partial charge in [0.2, 0.25) is 0 Å². The molecule has 8 aromatic carbocycles. The van der Waals surface area contributed by atoms with Gasteiger partial charge < -0.3 is 0 Å². The molecule has 0 amide bonds. The number of benzene rings is 8. The Kier molecular flexibility index (Phi) is 4.80. The molecule has 2 aliphatic carbocycles. The Hall–Kier alpha value is -5.37. The van der Waals surface area contributed by atoms with Crippen LogP contribution in [0.15, 0.2) is 168 Å². The van der Waals surface area contributed by atoms with Crippen molar-refractivity contribution in [1.29, 1.82) is 0 Å². The minimum Gasteiger partial charge on any atom is -0.0888 e. The minimum absolute atomic E-state index is 0.371. The van der Waals surface area contributed by atoms with E-state index in [2.05, 4.69) is 158 Å². The normalized spacial score (nSPS) is 16.3.